The molecule has 4 aliphatic rings. The Morgan fingerprint density at radius 3 is 2.38 bits per heavy atom. The van der Waals surface area contributed by atoms with Gasteiger partial charge in [0.1, 0.15) is 5.82 Å². The van der Waals surface area contributed by atoms with E-state index in [4.69, 9.17) is 5.84 Å². The first-order chi connectivity index (χ1) is 10.2. The van der Waals surface area contributed by atoms with Crippen LogP contribution in [0.15, 0.2) is 18.3 Å². The van der Waals surface area contributed by atoms with Crippen molar-refractivity contribution in [2.75, 3.05) is 5.43 Å². The Hall–Kier alpha value is -1.62. The van der Waals surface area contributed by atoms with Crippen molar-refractivity contribution >= 4 is 11.7 Å². The van der Waals surface area contributed by atoms with Gasteiger partial charge in [0.05, 0.1) is 0 Å². The summed E-state index contributed by atoms with van der Waals surface area (Å²) in [5, 5.41) is 3.36. The molecule has 1 aromatic heterocycles. The molecule has 4 fully saturated rings. The van der Waals surface area contributed by atoms with E-state index in [0.717, 1.165) is 17.8 Å². The van der Waals surface area contributed by atoms with E-state index in [-0.39, 0.29) is 11.4 Å². The predicted octanol–water partition coefficient (Wildman–Crippen LogP) is 2.07. The van der Waals surface area contributed by atoms with Gasteiger partial charge in [-0.25, -0.2) is 10.8 Å². The molecule has 0 atom stereocenters. The van der Waals surface area contributed by atoms with Gasteiger partial charge in [-0.2, -0.15) is 0 Å². The molecule has 5 heteroatoms. The number of anilines is 1. The zero-order chi connectivity index (χ0) is 14.4. The van der Waals surface area contributed by atoms with Crippen LogP contribution in [0.25, 0.3) is 0 Å². The molecule has 5 rings (SSSR count). The zero-order valence-electron chi connectivity index (χ0n) is 12.1. The first-order valence-electron chi connectivity index (χ1n) is 7.91. The molecule has 1 aromatic rings. The quantitative estimate of drug-likeness (QED) is 0.587. The Kier molecular flexibility index (Phi) is 2.92. The van der Waals surface area contributed by atoms with Gasteiger partial charge in [-0.05, 0) is 68.4 Å². The van der Waals surface area contributed by atoms with E-state index < -0.39 is 0 Å². The summed E-state index contributed by atoms with van der Waals surface area (Å²) in [6, 6.07) is 3.45. The maximum absolute atomic E-state index is 12.6. The van der Waals surface area contributed by atoms with Gasteiger partial charge >= 0.3 is 0 Å². The van der Waals surface area contributed by atoms with E-state index in [1.165, 1.54) is 38.5 Å². The highest BCUT2D eigenvalue weighted by molar-refractivity contribution is 5.95. The van der Waals surface area contributed by atoms with Crippen LogP contribution in [-0.4, -0.2) is 16.4 Å². The summed E-state index contributed by atoms with van der Waals surface area (Å²) in [6.07, 6.45) is 9.25. The molecule has 4 N–H and O–H groups in total. The number of nitrogens with two attached hydrogens (primary N) is 1. The Labute approximate surface area is 124 Å². The normalized spacial score (nSPS) is 36.5. The molecule has 1 amide bonds. The van der Waals surface area contributed by atoms with E-state index in [1.54, 1.807) is 18.3 Å². The van der Waals surface area contributed by atoms with Gasteiger partial charge in [0.25, 0.3) is 5.91 Å². The number of carbonyl (C=O) groups is 1. The lowest BCUT2D eigenvalue weighted by Gasteiger charge is -2.56. The molecule has 4 aliphatic carbocycles. The molecule has 21 heavy (non-hydrogen) atoms. The number of amides is 1. The van der Waals surface area contributed by atoms with E-state index >= 15 is 0 Å². The van der Waals surface area contributed by atoms with Crippen molar-refractivity contribution in [3.05, 3.63) is 23.9 Å². The lowest BCUT2D eigenvalue weighted by molar-refractivity contribution is -0.0167. The Morgan fingerprint density at radius 1 is 1.19 bits per heavy atom. The number of nitrogen functional groups attached to an aromatic ring is 1. The Balaban J connectivity index is 1.54. The zero-order valence-corrected chi connectivity index (χ0v) is 12.1. The van der Waals surface area contributed by atoms with Gasteiger partial charge in [0, 0.05) is 17.3 Å². The van der Waals surface area contributed by atoms with Crippen LogP contribution in [0.2, 0.25) is 0 Å². The fourth-order valence-corrected chi connectivity index (χ4v) is 5.23. The molecule has 0 aliphatic heterocycles. The van der Waals surface area contributed by atoms with Crippen molar-refractivity contribution in [3.8, 4) is 0 Å². The van der Waals surface area contributed by atoms with E-state index in [9.17, 15) is 4.79 Å². The minimum atomic E-state index is 0.0100. The minimum absolute atomic E-state index is 0.0100. The summed E-state index contributed by atoms with van der Waals surface area (Å²) in [4.78, 5) is 16.6. The molecular formula is C16H22N4O. The average Bonchev–Trinajstić information content (AvgIpc) is 2.45. The average molecular weight is 286 g/mol. The molecule has 0 unspecified atom stereocenters. The number of carbonyl (C=O) groups excluding carboxylic acids is 1. The molecular weight excluding hydrogens is 264 g/mol. The Morgan fingerprint density at radius 2 is 1.81 bits per heavy atom. The highest BCUT2D eigenvalue weighted by Gasteiger charge is 2.51. The van der Waals surface area contributed by atoms with Crippen LogP contribution in [0.5, 0.6) is 0 Å². The second-order valence-electron chi connectivity index (χ2n) is 7.23. The largest absolute Gasteiger partial charge is 0.347 e. The summed E-state index contributed by atoms with van der Waals surface area (Å²) >= 11 is 0. The summed E-state index contributed by atoms with van der Waals surface area (Å²) in [7, 11) is 0. The lowest BCUT2D eigenvalue weighted by atomic mass is 9.53. The number of hydrazine groups is 1. The molecule has 0 saturated heterocycles. The van der Waals surface area contributed by atoms with Crippen molar-refractivity contribution < 1.29 is 4.79 Å². The minimum Gasteiger partial charge on any atom is -0.347 e. The Bertz CT molecular complexity index is 536. The molecule has 4 saturated carbocycles. The summed E-state index contributed by atoms with van der Waals surface area (Å²) in [5.41, 5.74) is 3.17. The molecule has 0 aromatic carbocycles. The monoisotopic (exact) mass is 286 g/mol. The van der Waals surface area contributed by atoms with Crippen LogP contribution >= 0.6 is 0 Å². The molecule has 112 valence electrons. The van der Waals surface area contributed by atoms with Gasteiger partial charge < -0.3 is 10.7 Å². The van der Waals surface area contributed by atoms with Gasteiger partial charge in [-0.3, -0.25) is 4.79 Å². The molecule has 0 radical (unpaired) electrons. The van der Waals surface area contributed by atoms with Gasteiger partial charge in [-0.1, -0.05) is 0 Å². The third-order valence-electron chi connectivity index (χ3n) is 5.59. The highest BCUT2D eigenvalue weighted by atomic mass is 16.1. The second-order valence-corrected chi connectivity index (χ2v) is 7.23. The van der Waals surface area contributed by atoms with Crippen molar-refractivity contribution in [1.29, 1.82) is 0 Å². The molecule has 1 heterocycles. The van der Waals surface area contributed by atoms with Crippen LogP contribution in [0.1, 0.15) is 48.9 Å². The third kappa shape index (κ3) is 2.29. The van der Waals surface area contributed by atoms with Crippen LogP contribution in [-0.2, 0) is 0 Å². The fourth-order valence-electron chi connectivity index (χ4n) is 5.23. The second kappa shape index (κ2) is 4.70. The van der Waals surface area contributed by atoms with E-state index in [2.05, 4.69) is 15.7 Å². The van der Waals surface area contributed by atoms with Gasteiger partial charge in [-0.15, -0.1) is 0 Å². The van der Waals surface area contributed by atoms with Gasteiger partial charge in [0.15, 0.2) is 0 Å². The number of hydrogen-bond donors (Lipinski definition) is 3. The summed E-state index contributed by atoms with van der Waals surface area (Å²) < 4.78 is 0. The molecule has 5 nitrogen and oxygen atoms in total. The SMILES string of the molecule is NNc1cc(C(=O)NC23CC4CC(CC(C4)C2)C3)ccn1. The number of aromatic nitrogens is 1. The summed E-state index contributed by atoms with van der Waals surface area (Å²) in [5.74, 6) is 8.38. The smallest absolute Gasteiger partial charge is 0.251 e. The van der Waals surface area contributed by atoms with E-state index in [1.807, 2.05) is 0 Å². The van der Waals surface area contributed by atoms with Crippen LogP contribution in [0.3, 0.4) is 0 Å². The van der Waals surface area contributed by atoms with Crippen LogP contribution < -0.4 is 16.6 Å². The van der Waals surface area contributed by atoms with E-state index in [0.29, 0.717) is 11.4 Å². The number of hydrogen-bond acceptors (Lipinski definition) is 4. The van der Waals surface area contributed by atoms with Crippen LogP contribution in [0, 0.1) is 17.8 Å². The summed E-state index contributed by atoms with van der Waals surface area (Å²) in [6.45, 7) is 0. The first kappa shape index (κ1) is 13.1. The number of nitrogens with zero attached hydrogens (tertiary/aromatic N) is 1. The fraction of sp³-hybridized carbons (Fsp3) is 0.625. The predicted molar refractivity (Wildman–Crippen MR) is 80.4 cm³/mol. The van der Waals surface area contributed by atoms with Crippen molar-refractivity contribution in [2.24, 2.45) is 23.6 Å². The third-order valence-corrected chi connectivity index (χ3v) is 5.59. The van der Waals surface area contributed by atoms with Crippen molar-refractivity contribution in [2.45, 2.75) is 44.1 Å². The van der Waals surface area contributed by atoms with Crippen molar-refractivity contribution in [3.63, 3.8) is 0 Å². The first-order valence-corrected chi connectivity index (χ1v) is 7.91. The van der Waals surface area contributed by atoms with Gasteiger partial charge in [0.2, 0.25) is 0 Å². The maximum atomic E-state index is 12.6. The highest BCUT2D eigenvalue weighted by Crippen LogP contribution is 2.55. The standard InChI is InChI=1S/C16H22N4O/c17-20-14-6-13(1-2-18-14)15(21)19-16-7-10-3-11(8-16)5-12(4-10)9-16/h1-2,6,10-12H,3-5,7-9,17H2,(H,18,20)(H,19,21). The topological polar surface area (TPSA) is 80.0 Å². The number of rotatable bonds is 3. The van der Waals surface area contributed by atoms with Crippen LogP contribution in [0.4, 0.5) is 5.82 Å². The maximum Gasteiger partial charge on any atom is 0.251 e. The number of pyridine rings is 1. The van der Waals surface area contributed by atoms with Crippen molar-refractivity contribution in [1.82, 2.24) is 10.3 Å². The lowest BCUT2D eigenvalue weighted by Crippen LogP contribution is -2.59. The number of nitrogens with one attached hydrogen (secondary N) is 2. The molecule has 4 bridgehead atoms. The molecule has 0 spiro atoms.